The minimum atomic E-state index is -0.390. The molecule has 1 N–H and O–H groups in total. The van der Waals surface area contributed by atoms with Crippen LogP contribution in [0.4, 0.5) is 0 Å². The largest absolute Gasteiger partial charge is 0.375 e. The second kappa shape index (κ2) is 7.18. The highest BCUT2D eigenvalue weighted by molar-refractivity contribution is 6.38. The highest BCUT2D eigenvalue weighted by Crippen LogP contribution is 2.14. The number of likely N-dealkylation sites (tertiary alicyclic amines) is 1. The highest BCUT2D eigenvalue weighted by Gasteiger charge is 2.37. The van der Waals surface area contributed by atoms with Gasteiger partial charge in [0, 0.05) is 25.2 Å². The van der Waals surface area contributed by atoms with Gasteiger partial charge in [-0.15, -0.1) is 0 Å². The Hall–Kier alpha value is -0.940. The van der Waals surface area contributed by atoms with Crippen molar-refractivity contribution in [2.75, 3.05) is 19.7 Å². The summed E-state index contributed by atoms with van der Waals surface area (Å²) in [5.41, 5.74) is -0.182. The molecule has 1 rings (SSSR count). The van der Waals surface area contributed by atoms with E-state index in [1.54, 1.807) is 4.90 Å². The summed E-state index contributed by atoms with van der Waals surface area (Å²) in [6.07, 6.45) is 1.65. The summed E-state index contributed by atoms with van der Waals surface area (Å²) in [7, 11) is 0. The topological polar surface area (TPSA) is 58.6 Å². The lowest BCUT2D eigenvalue weighted by Crippen LogP contribution is -2.60. The molecule has 1 aliphatic heterocycles. The van der Waals surface area contributed by atoms with Crippen molar-refractivity contribution in [2.24, 2.45) is 0 Å². The molecule has 0 spiro atoms. The molecule has 1 amide bonds. The molecule has 1 aliphatic rings. The average molecular weight is 284 g/mol. The summed E-state index contributed by atoms with van der Waals surface area (Å²) < 4.78 is 5.41. The smallest absolute Gasteiger partial charge is 0.291 e. The first-order valence-corrected chi connectivity index (χ1v) is 7.50. The third-order valence-corrected chi connectivity index (χ3v) is 3.25. The van der Waals surface area contributed by atoms with E-state index in [-0.39, 0.29) is 23.3 Å². The van der Waals surface area contributed by atoms with Gasteiger partial charge in [-0.25, -0.2) is 0 Å². The number of hydrogen-bond acceptors (Lipinski definition) is 4. The Morgan fingerprint density at radius 3 is 2.35 bits per heavy atom. The molecule has 116 valence electrons. The van der Waals surface area contributed by atoms with E-state index in [1.807, 2.05) is 34.6 Å². The summed E-state index contributed by atoms with van der Waals surface area (Å²) in [6.45, 7) is 11.7. The van der Waals surface area contributed by atoms with Crippen LogP contribution >= 0.6 is 0 Å². The number of hydrogen-bond donors (Lipinski definition) is 1. The van der Waals surface area contributed by atoms with Crippen LogP contribution in [-0.4, -0.2) is 54.0 Å². The van der Waals surface area contributed by atoms with E-state index in [0.717, 1.165) is 6.42 Å². The molecule has 0 radical (unpaired) electrons. The minimum absolute atomic E-state index is 0.0944. The number of carbonyl (C=O) groups is 2. The number of amides is 1. The van der Waals surface area contributed by atoms with E-state index in [0.29, 0.717) is 26.1 Å². The fourth-order valence-electron chi connectivity index (χ4n) is 2.33. The Labute approximate surface area is 122 Å². The average Bonchev–Trinajstić information content (AvgIpc) is 2.29. The van der Waals surface area contributed by atoms with Crippen LogP contribution in [0, 0.1) is 0 Å². The zero-order valence-electron chi connectivity index (χ0n) is 13.4. The second-order valence-corrected chi connectivity index (χ2v) is 6.39. The van der Waals surface area contributed by atoms with Gasteiger partial charge < -0.3 is 15.0 Å². The molecule has 1 unspecified atom stereocenters. The van der Waals surface area contributed by atoms with Crippen molar-refractivity contribution >= 4 is 11.7 Å². The van der Waals surface area contributed by atoms with Crippen LogP contribution in [0.15, 0.2) is 0 Å². The number of rotatable bonds is 7. The van der Waals surface area contributed by atoms with Crippen molar-refractivity contribution in [3.8, 4) is 0 Å². The summed E-state index contributed by atoms with van der Waals surface area (Å²) in [5, 5.41) is 3.25. The molecule has 20 heavy (non-hydrogen) atoms. The van der Waals surface area contributed by atoms with Gasteiger partial charge in [-0.3, -0.25) is 9.59 Å². The maximum Gasteiger partial charge on any atom is 0.291 e. The molecule has 0 aromatic rings. The molecular weight excluding hydrogens is 256 g/mol. The first kappa shape index (κ1) is 17.1. The number of ketones is 1. The molecule has 0 aromatic heterocycles. The molecule has 1 atom stereocenters. The predicted octanol–water partition coefficient (Wildman–Crippen LogP) is 1.36. The van der Waals surface area contributed by atoms with Gasteiger partial charge in [-0.2, -0.15) is 0 Å². The summed E-state index contributed by atoms with van der Waals surface area (Å²) >= 11 is 0. The van der Waals surface area contributed by atoms with Gasteiger partial charge >= 0.3 is 0 Å². The van der Waals surface area contributed by atoms with Crippen molar-refractivity contribution in [3.05, 3.63) is 0 Å². The van der Waals surface area contributed by atoms with E-state index in [1.165, 1.54) is 0 Å². The molecule has 0 aliphatic carbocycles. The van der Waals surface area contributed by atoms with Crippen LogP contribution in [0.3, 0.4) is 0 Å². The van der Waals surface area contributed by atoms with Gasteiger partial charge in [0.25, 0.3) is 5.91 Å². The molecule has 1 saturated heterocycles. The third-order valence-electron chi connectivity index (χ3n) is 3.25. The monoisotopic (exact) mass is 284 g/mol. The maximum absolute atomic E-state index is 12.3. The Kier molecular flexibility index (Phi) is 6.14. The molecule has 0 aromatic carbocycles. The Bertz CT molecular complexity index is 344. The number of Topliss-reactive ketones (excluding diaryl/α,β-unsaturated/α-hetero) is 1. The fraction of sp³-hybridized carbons (Fsp3) is 0.867. The van der Waals surface area contributed by atoms with Crippen molar-refractivity contribution < 1.29 is 14.3 Å². The molecular formula is C15H28N2O3. The number of carbonyl (C=O) groups excluding carboxylic acids is 2. The van der Waals surface area contributed by atoms with Crippen molar-refractivity contribution in [2.45, 2.75) is 65.1 Å². The first-order valence-electron chi connectivity index (χ1n) is 7.50. The molecule has 0 bridgehead atoms. The second-order valence-electron chi connectivity index (χ2n) is 6.39. The molecule has 5 nitrogen and oxygen atoms in total. The summed E-state index contributed by atoms with van der Waals surface area (Å²) in [5.74, 6) is -0.701. The van der Waals surface area contributed by atoms with Crippen LogP contribution in [0.5, 0.6) is 0 Å². The number of ether oxygens (including phenoxy) is 1. The Morgan fingerprint density at radius 2 is 1.90 bits per heavy atom. The molecule has 1 heterocycles. The van der Waals surface area contributed by atoms with Gasteiger partial charge in [0.1, 0.15) is 0 Å². The Balaban J connectivity index is 2.55. The van der Waals surface area contributed by atoms with Gasteiger partial charge in [-0.05, 0) is 34.1 Å². The van der Waals surface area contributed by atoms with E-state index in [4.69, 9.17) is 4.74 Å². The maximum atomic E-state index is 12.3. The quantitative estimate of drug-likeness (QED) is 0.717. The zero-order chi connectivity index (χ0) is 15.3. The third kappa shape index (κ3) is 4.87. The number of nitrogens with one attached hydrogen (secondary N) is 1. The SMILES string of the molecule is CCCC(NC(C)(C)C)C(=O)C(=O)N1CC(OCC)C1. The van der Waals surface area contributed by atoms with Crippen LogP contribution in [0.1, 0.15) is 47.5 Å². The van der Waals surface area contributed by atoms with Gasteiger partial charge in [-0.1, -0.05) is 13.3 Å². The van der Waals surface area contributed by atoms with Crippen molar-refractivity contribution in [1.29, 1.82) is 0 Å². The lowest BCUT2D eigenvalue weighted by atomic mass is 9.99. The number of nitrogens with zero attached hydrogens (tertiary/aromatic N) is 1. The molecule has 0 saturated carbocycles. The standard InChI is InChI=1S/C15H28N2O3/c1-6-8-12(16-15(3,4)5)13(18)14(19)17-9-11(10-17)20-7-2/h11-12,16H,6-10H2,1-5H3. The normalized spacial score (nSPS) is 17.8. The van der Waals surface area contributed by atoms with Crippen LogP contribution in [0.2, 0.25) is 0 Å². The summed E-state index contributed by atoms with van der Waals surface area (Å²) in [4.78, 5) is 26.1. The van der Waals surface area contributed by atoms with Crippen LogP contribution in [0.25, 0.3) is 0 Å². The molecule has 1 fully saturated rings. The Morgan fingerprint density at radius 1 is 1.30 bits per heavy atom. The lowest BCUT2D eigenvalue weighted by molar-refractivity contribution is -0.154. The van der Waals surface area contributed by atoms with E-state index in [9.17, 15) is 9.59 Å². The summed E-state index contributed by atoms with van der Waals surface area (Å²) in [6, 6.07) is -0.390. The van der Waals surface area contributed by atoms with E-state index >= 15 is 0 Å². The zero-order valence-corrected chi connectivity index (χ0v) is 13.4. The predicted molar refractivity (Wildman–Crippen MR) is 78.6 cm³/mol. The van der Waals surface area contributed by atoms with Crippen LogP contribution < -0.4 is 5.32 Å². The molecule has 5 heteroatoms. The first-order chi connectivity index (χ1) is 9.28. The lowest BCUT2D eigenvalue weighted by Gasteiger charge is -2.39. The highest BCUT2D eigenvalue weighted by atomic mass is 16.5. The minimum Gasteiger partial charge on any atom is -0.375 e. The van der Waals surface area contributed by atoms with Gasteiger partial charge in [0.2, 0.25) is 5.78 Å². The fourth-order valence-corrected chi connectivity index (χ4v) is 2.33. The van der Waals surface area contributed by atoms with Crippen LogP contribution in [-0.2, 0) is 14.3 Å². The van der Waals surface area contributed by atoms with Crippen molar-refractivity contribution in [1.82, 2.24) is 10.2 Å². The van der Waals surface area contributed by atoms with Gasteiger partial charge in [0.05, 0.1) is 12.1 Å². The van der Waals surface area contributed by atoms with Gasteiger partial charge in [0.15, 0.2) is 0 Å². The van der Waals surface area contributed by atoms with E-state index < -0.39 is 6.04 Å². The van der Waals surface area contributed by atoms with E-state index in [2.05, 4.69) is 5.32 Å². The van der Waals surface area contributed by atoms with Crippen molar-refractivity contribution in [3.63, 3.8) is 0 Å².